The molecule has 0 unspecified atom stereocenters. The van der Waals surface area contributed by atoms with E-state index in [0.717, 1.165) is 45.3 Å². The van der Waals surface area contributed by atoms with Gasteiger partial charge in [0, 0.05) is 31.7 Å². The summed E-state index contributed by atoms with van der Waals surface area (Å²) in [5.74, 6) is 0.673. The van der Waals surface area contributed by atoms with Crippen LogP contribution in [0.4, 0.5) is 9.59 Å². The first-order valence-corrected chi connectivity index (χ1v) is 10.3. The minimum absolute atomic E-state index is 0.0314. The molecule has 4 amide bonds. The molecule has 3 rings (SSSR count). The Hall–Kier alpha value is -1.46. The smallest absolute Gasteiger partial charge is 0.317 e. The first-order valence-electron chi connectivity index (χ1n) is 10.3. The molecule has 2 aliphatic carbocycles. The SMILES string of the molecule is O=C(NC1CCCCC1)NC1CCN(C(=O)NCC2CCCC2)CC1. The van der Waals surface area contributed by atoms with Gasteiger partial charge in [0.25, 0.3) is 0 Å². The van der Waals surface area contributed by atoms with Gasteiger partial charge in [0.1, 0.15) is 0 Å². The average molecular weight is 351 g/mol. The van der Waals surface area contributed by atoms with Crippen LogP contribution in [-0.4, -0.2) is 48.7 Å². The van der Waals surface area contributed by atoms with Gasteiger partial charge in [-0.25, -0.2) is 9.59 Å². The Kier molecular flexibility index (Phi) is 6.82. The maximum atomic E-state index is 12.3. The molecule has 0 aromatic rings. The Labute approximate surface area is 151 Å². The van der Waals surface area contributed by atoms with Crippen LogP contribution in [0, 0.1) is 5.92 Å². The van der Waals surface area contributed by atoms with Gasteiger partial charge in [0.05, 0.1) is 0 Å². The molecule has 1 heterocycles. The molecule has 3 N–H and O–H groups in total. The molecule has 2 saturated carbocycles. The van der Waals surface area contributed by atoms with Crippen molar-refractivity contribution in [3.63, 3.8) is 0 Å². The number of hydrogen-bond donors (Lipinski definition) is 3. The second kappa shape index (κ2) is 9.30. The van der Waals surface area contributed by atoms with Gasteiger partial charge in [0.15, 0.2) is 0 Å². The average Bonchev–Trinajstić information content (AvgIpc) is 3.14. The molecule has 142 valence electrons. The van der Waals surface area contributed by atoms with Crippen LogP contribution >= 0.6 is 0 Å². The van der Waals surface area contributed by atoms with Crippen LogP contribution in [0.25, 0.3) is 0 Å². The summed E-state index contributed by atoms with van der Waals surface area (Å²) < 4.78 is 0. The van der Waals surface area contributed by atoms with Gasteiger partial charge in [-0.2, -0.15) is 0 Å². The highest BCUT2D eigenvalue weighted by Crippen LogP contribution is 2.23. The maximum Gasteiger partial charge on any atom is 0.317 e. The molecule has 0 radical (unpaired) electrons. The number of nitrogens with zero attached hydrogens (tertiary/aromatic N) is 1. The number of rotatable bonds is 4. The molecule has 0 spiro atoms. The highest BCUT2D eigenvalue weighted by molar-refractivity contribution is 5.75. The topological polar surface area (TPSA) is 73.5 Å². The van der Waals surface area contributed by atoms with Crippen molar-refractivity contribution < 1.29 is 9.59 Å². The Bertz CT molecular complexity index is 437. The zero-order chi connectivity index (χ0) is 17.5. The van der Waals surface area contributed by atoms with Crippen molar-refractivity contribution in [3.8, 4) is 0 Å². The maximum absolute atomic E-state index is 12.3. The molecule has 6 heteroatoms. The Morgan fingerprint density at radius 2 is 1.32 bits per heavy atom. The van der Waals surface area contributed by atoms with Crippen LogP contribution in [0.15, 0.2) is 0 Å². The first kappa shape index (κ1) is 18.3. The van der Waals surface area contributed by atoms with Crippen LogP contribution < -0.4 is 16.0 Å². The zero-order valence-corrected chi connectivity index (χ0v) is 15.4. The summed E-state index contributed by atoms with van der Waals surface area (Å²) in [4.78, 5) is 26.3. The molecular formula is C19H34N4O2. The number of amides is 4. The predicted octanol–water partition coefficient (Wildman–Crippen LogP) is 2.98. The number of likely N-dealkylation sites (tertiary alicyclic amines) is 1. The lowest BCUT2D eigenvalue weighted by Gasteiger charge is -2.33. The van der Waals surface area contributed by atoms with Gasteiger partial charge in [-0.3, -0.25) is 0 Å². The van der Waals surface area contributed by atoms with Crippen molar-refractivity contribution >= 4 is 12.1 Å². The fourth-order valence-electron chi connectivity index (χ4n) is 4.44. The van der Waals surface area contributed by atoms with E-state index in [-0.39, 0.29) is 18.1 Å². The monoisotopic (exact) mass is 350 g/mol. The van der Waals surface area contributed by atoms with Gasteiger partial charge in [-0.05, 0) is 44.4 Å². The van der Waals surface area contributed by atoms with Crippen molar-refractivity contribution in [3.05, 3.63) is 0 Å². The third kappa shape index (κ3) is 5.79. The summed E-state index contributed by atoms with van der Waals surface area (Å²) in [6.07, 6.45) is 12.7. The van der Waals surface area contributed by atoms with E-state index < -0.39 is 0 Å². The molecule has 3 fully saturated rings. The molecule has 6 nitrogen and oxygen atoms in total. The summed E-state index contributed by atoms with van der Waals surface area (Å²) in [5, 5.41) is 9.29. The lowest BCUT2D eigenvalue weighted by molar-refractivity contribution is 0.174. The number of piperidine rings is 1. The fraction of sp³-hybridized carbons (Fsp3) is 0.895. The number of urea groups is 2. The highest BCUT2D eigenvalue weighted by Gasteiger charge is 2.25. The summed E-state index contributed by atoms with van der Waals surface area (Å²) in [5.41, 5.74) is 0. The van der Waals surface area contributed by atoms with Crippen molar-refractivity contribution in [1.29, 1.82) is 0 Å². The van der Waals surface area contributed by atoms with Crippen molar-refractivity contribution in [2.75, 3.05) is 19.6 Å². The Morgan fingerprint density at radius 3 is 1.96 bits per heavy atom. The number of carbonyl (C=O) groups excluding carboxylic acids is 2. The molecule has 3 aliphatic rings. The Balaban J connectivity index is 1.30. The molecule has 0 atom stereocenters. The van der Waals surface area contributed by atoms with E-state index in [9.17, 15) is 9.59 Å². The molecular weight excluding hydrogens is 316 g/mol. The largest absolute Gasteiger partial charge is 0.338 e. The predicted molar refractivity (Wildman–Crippen MR) is 98.5 cm³/mol. The van der Waals surface area contributed by atoms with Gasteiger partial charge in [-0.1, -0.05) is 32.1 Å². The van der Waals surface area contributed by atoms with Crippen LogP contribution in [0.5, 0.6) is 0 Å². The Morgan fingerprint density at radius 1 is 0.760 bits per heavy atom. The van der Waals surface area contributed by atoms with Crippen molar-refractivity contribution in [2.24, 2.45) is 5.92 Å². The third-order valence-electron chi connectivity index (χ3n) is 6.07. The second-order valence-electron chi connectivity index (χ2n) is 8.05. The van der Waals surface area contributed by atoms with Gasteiger partial charge in [-0.15, -0.1) is 0 Å². The first-order chi connectivity index (χ1) is 12.2. The molecule has 25 heavy (non-hydrogen) atoms. The third-order valence-corrected chi connectivity index (χ3v) is 6.07. The molecule has 0 aromatic carbocycles. The minimum Gasteiger partial charge on any atom is -0.338 e. The van der Waals surface area contributed by atoms with E-state index >= 15 is 0 Å². The summed E-state index contributed by atoms with van der Waals surface area (Å²) >= 11 is 0. The zero-order valence-electron chi connectivity index (χ0n) is 15.4. The van der Waals surface area contributed by atoms with E-state index in [0.29, 0.717) is 12.0 Å². The summed E-state index contributed by atoms with van der Waals surface area (Å²) in [7, 11) is 0. The molecule has 0 aromatic heterocycles. The van der Waals surface area contributed by atoms with Crippen LogP contribution in [0.3, 0.4) is 0 Å². The van der Waals surface area contributed by atoms with Gasteiger partial charge in [0.2, 0.25) is 0 Å². The van der Waals surface area contributed by atoms with Crippen LogP contribution in [-0.2, 0) is 0 Å². The van der Waals surface area contributed by atoms with E-state index in [2.05, 4.69) is 16.0 Å². The summed E-state index contributed by atoms with van der Waals surface area (Å²) in [6, 6.07) is 0.561. The normalized spacial score (nSPS) is 23.4. The van der Waals surface area contributed by atoms with Gasteiger partial charge < -0.3 is 20.9 Å². The highest BCUT2D eigenvalue weighted by atomic mass is 16.2. The fourth-order valence-corrected chi connectivity index (χ4v) is 4.44. The number of nitrogens with one attached hydrogen (secondary N) is 3. The number of hydrogen-bond acceptors (Lipinski definition) is 2. The van der Waals surface area contributed by atoms with E-state index in [1.54, 1.807) is 0 Å². The molecule has 1 saturated heterocycles. The van der Waals surface area contributed by atoms with Gasteiger partial charge >= 0.3 is 12.1 Å². The van der Waals surface area contributed by atoms with Crippen LogP contribution in [0.1, 0.15) is 70.6 Å². The quantitative estimate of drug-likeness (QED) is 0.729. The van der Waals surface area contributed by atoms with Crippen LogP contribution in [0.2, 0.25) is 0 Å². The molecule has 1 aliphatic heterocycles. The lowest BCUT2D eigenvalue weighted by Crippen LogP contribution is -2.52. The van der Waals surface area contributed by atoms with Crippen molar-refractivity contribution in [2.45, 2.75) is 82.7 Å². The lowest BCUT2D eigenvalue weighted by atomic mass is 9.96. The minimum atomic E-state index is -0.0314. The van der Waals surface area contributed by atoms with Crippen molar-refractivity contribution in [1.82, 2.24) is 20.9 Å². The van der Waals surface area contributed by atoms with E-state index in [4.69, 9.17) is 0 Å². The standard InChI is InChI=1S/C19H34N4O2/c24-18(21-16-8-2-1-3-9-16)22-17-10-12-23(13-11-17)19(25)20-14-15-6-4-5-7-15/h15-17H,1-14H2,(H,20,25)(H2,21,22,24). The summed E-state index contributed by atoms with van der Waals surface area (Å²) in [6.45, 7) is 2.27. The number of carbonyl (C=O) groups is 2. The molecule has 0 bridgehead atoms. The van der Waals surface area contributed by atoms with E-state index in [1.165, 1.54) is 44.9 Å². The van der Waals surface area contributed by atoms with E-state index in [1.807, 2.05) is 4.90 Å². The second-order valence-corrected chi connectivity index (χ2v) is 8.05.